The monoisotopic (exact) mass is 356 g/mol. The Bertz CT molecular complexity index is 905. The van der Waals surface area contributed by atoms with Gasteiger partial charge < -0.3 is 0 Å². The molecule has 5 heteroatoms. The van der Waals surface area contributed by atoms with Crippen LogP contribution >= 0.6 is 34.5 Å². The Morgan fingerprint density at radius 1 is 1.09 bits per heavy atom. The number of benzene rings is 2. The highest BCUT2D eigenvalue weighted by Crippen LogP contribution is 2.29. The minimum atomic E-state index is 0.489. The fraction of sp³-hybridized carbons (Fsp3) is 0. The van der Waals surface area contributed by atoms with Gasteiger partial charge in [0.25, 0.3) is 0 Å². The summed E-state index contributed by atoms with van der Waals surface area (Å²) in [4.78, 5) is 4.55. The molecule has 23 heavy (non-hydrogen) atoms. The van der Waals surface area contributed by atoms with Crippen LogP contribution in [0, 0.1) is 11.3 Å². The van der Waals surface area contributed by atoms with Gasteiger partial charge in [-0.2, -0.15) is 5.26 Å². The van der Waals surface area contributed by atoms with E-state index >= 15 is 0 Å². The molecule has 0 aliphatic carbocycles. The van der Waals surface area contributed by atoms with Gasteiger partial charge in [0.1, 0.15) is 11.1 Å². The highest BCUT2D eigenvalue weighted by Gasteiger charge is 2.10. The Morgan fingerprint density at radius 2 is 1.83 bits per heavy atom. The van der Waals surface area contributed by atoms with E-state index in [1.165, 1.54) is 11.3 Å². The highest BCUT2D eigenvalue weighted by molar-refractivity contribution is 7.11. The van der Waals surface area contributed by atoms with Gasteiger partial charge >= 0.3 is 0 Å². The molecule has 2 nitrogen and oxygen atoms in total. The summed E-state index contributed by atoms with van der Waals surface area (Å²) in [6.45, 7) is 0. The molecule has 1 aromatic heterocycles. The zero-order chi connectivity index (χ0) is 16.2. The quantitative estimate of drug-likeness (QED) is 0.525. The maximum Gasteiger partial charge on any atom is 0.134 e. The lowest BCUT2D eigenvalue weighted by atomic mass is 10.1. The van der Waals surface area contributed by atoms with E-state index < -0.39 is 0 Å². The second kappa shape index (κ2) is 6.97. The van der Waals surface area contributed by atoms with Gasteiger partial charge in [0.05, 0.1) is 11.3 Å². The molecule has 112 valence electrons. The maximum absolute atomic E-state index is 9.44. The first-order chi connectivity index (χ1) is 11.2. The van der Waals surface area contributed by atoms with Gasteiger partial charge in [-0.3, -0.25) is 0 Å². The van der Waals surface area contributed by atoms with Crippen molar-refractivity contribution in [2.45, 2.75) is 0 Å². The molecule has 0 saturated carbocycles. The third kappa shape index (κ3) is 3.62. The number of thiazole rings is 1. The van der Waals surface area contributed by atoms with Crippen LogP contribution in [0.5, 0.6) is 0 Å². The van der Waals surface area contributed by atoms with Gasteiger partial charge in [0, 0.05) is 21.0 Å². The maximum atomic E-state index is 9.44. The Labute approximate surface area is 148 Å². The Hall–Kier alpha value is -2.12. The summed E-state index contributed by atoms with van der Waals surface area (Å²) in [6, 6.07) is 17.1. The fourth-order valence-corrected chi connectivity index (χ4v) is 3.15. The van der Waals surface area contributed by atoms with Crippen LogP contribution in [0.1, 0.15) is 10.6 Å². The second-order valence-corrected chi connectivity index (χ2v) is 6.44. The summed E-state index contributed by atoms with van der Waals surface area (Å²) in [7, 11) is 0. The van der Waals surface area contributed by atoms with Crippen LogP contribution in [0.3, 0.4) is 0 Å². The summed E-state index contributed by atoms with van der Waals surface area (Å²) in [5, 5.41) is 13.3. The van der Waals surface area contributed by atoms with Crippen molar-refractivity contribution in [2.24, 2.45) is 0 Å². The second-order valence-electron chi connectivity index (χ2n) is 4.74. The smallest absolute Gasteiger partial charge is 0.134 e. The molecule has 0 aliphatic rings. The molecule has 0 bridgehead atoms. The lowest BCUT2D eigenvalue weighted by Crippen LogP contribution is -1.83. The van der Waals surface area contributed by atoms with Crippen molar-refractivity contribution in [1.82, 2.24) is 4.98 Å². The number of rotatable bonds is 3. The van der Waals surface area contributed by atoms with Crippen LogP contribution in [-0.2, 0) is 0 Å². The average molecular weight is 357 g/mol. The minimum absolute atomic E-state index is 0.489. The topological polar surface area (TPSA) is 36.7 Å². The minimum Gasteiger partial charge on any atom is -0.235 e. The Kier molecular flexibility index (Phi) is 4.78. The summed E-state index contributed by atoms with van der Waals surface area (Å²) < 4.78 is 0. The van der Waals surface area contributed by atoms with Crippen LogP contribution < -0.4 is 0 Å². The molecule has 3 aromatic rings. The van der Waals surface area contributed by atoms with Gasteiger partial charge in [0.2, 0.25) is 0 Å². The molecule has 0 amide bonds. The van der Waals surface area contributed by atoms with Crippen molar-refractivity contribution in [2.75, 3.05) is 0 Å². The normalized spacial score (nSPS) is 11.3. The van der Waals surface area contributed by atoms with Crippen molar-refractivity contribution in [3.05, 3.63) is 74.5 Å². The van der Waals surface area contributed by atoms with Crippen LogP contribution in [0.2, 0.25) is 10.0 Å². The SMILES string of the molecule is N#C/C(=C\c1ccccc1Cl)c1nc(-c2ccc(Cl)cc2)cs1. The predicted octanol–water partition coefficient (Wildman–Crippen LogP) is 6.18. The van der Waals surface area contributed by atoms with Crippen molar-refractivity contribution in [1.29, 1.82) is 5.26 Å². The van der Waals surface area contributed by atoms with Crippen LogP contribution in [0.25, 0.3) is 22.9 Å². The number of hydrogen-bond acceptors (Lipinski definition) is 3. The molecular weight excluding hydrogens is 347 g/mol. The number of halogens is 2. The molecular formula is C18H10Cl2N2S. The van der Waals surface area contributed by atoms with E-state index in [1.807, 2.05) is 47.8 Å². The number of hydrogen-bond donors (Lipinski definition) is 0. The number of nitrogens with zero attached hydrogens (tertiary/aromatic N) is 2. The first-order valence-corrected chi connectivity index (χ1v) is 8.39. The summed E-state index contributed by atoms with van der Waals surface area (Å²) in [6.07, 6.45) is 1.76. The van der Waals surface area contributed by atoms with Gasteiger partial charge in [-0.1, -0.05) is 53.5 Å². The molecule has 1 heterocycles. The van der Waals surface area contributed by atoms with Crippen molar-refractivity contribution in [3.63, 3.8) is 0 Å². The van der Waals surface area contributed by atoms with E-state index in [-0.39, 0.29) is 0 Å². The van der Waals surface area contributed by atoms with Gasteiger partial charge in [-0.05, 0) is 29.8 Å². The lowest BCUT2D eigenvalue weighted by molar-refractivity contribution is 1.37. The van der Waals surface area contributed by atoms with Gasteiger partial charge in [-0.25, -0.2) is 4.98 Å². The first-order valence-electron chi connectivity index (χ1n) is 6.75. The summed E-state index contributed by atoms with van der Waals surface area (Å²) in [5.74, 6) is 0. The van der Waals surface area contributed by atoms with Crippen LogP contribution in [0.4, 0.5) is 0 Å². The number of aromatic nitrogens is 1. The molecule has 0 aliphatic heterocycles. The standard InChI is InChI=1S/C18H10Cl2N2S/c19-15-7-5-12(6-8-15)17-11-23-18(22-17)14(10-21)9-13-3-1-2-4-16(13)20/h1-9,11H/b14-9+. The fourth-order valence-electron chi connectivity index (χ4n) is 2.04. The summed E-state index contributed by atoms with van der Waals surface area (Å²) in [5.41, 5.74) is 3.08. The summed E-state index contributed by atoms with van der Waals surface area (Å²) >= 11 is 13.5. The lowest BCUT2D eigenvalue weighted by Gasteiger charge is -1.99. The van der Waals surface area contributed by atoms with Gasteiger partial charge in [-0.15, -0.1) is 11.3 Å². The Balaban J connectivity index is 1.96. The van der Waals surface area contributed by atoms with E-state index in [0.717, 1.165) is 16.8 Å². The zero-order valence-corrected chi connectivity index (χ0v) is 14.2. The molecule has 0 spiro atoms. The van der Waals surface area contributed by atoms with Crippen molar-refractivity contribution in [3.8, 4) is 17.3 Å². The van der Waals surface area contributed by atoms with E-state index in [2.05, 4.69) is 11.1 Å². The third-order valence-corrected chi connectivity index (χ3v) is 4.67. The van der Waals surface area contributed by atoms with E-state index in [1.54, 1.807) is 12.1 Å². The van der Waals surface area contributed by atoms with Crippen LogP contribution in [-0.4, -0.2) is 4.98 Å². The highest BCUT2D eigenvalue weighted by atomic mass is 35.5. The van der Waals surface area contributed by atoms with E-state index in [0.29, 0.717) is 20.6 Å². The molecule has 3 rings (SSSR count). The largest absolute Gasteiger partial charge is 0.235 e. The molecule has 2 aromatic carbocycles. The van der Waals surface area contributed by atoms with Crippen molar-refractivity contribution >= 4 is 46.2 Å². The zero-order valence-electron chi connectivity index (χ0n) is 11.8. The van der Waals surface area contributed by atoms with Crippen LogP contribution in [0.15, 0.2) is 53.9 Å². The van der Waals surface area contributed by atoms with E-state index in [4.69, 9.17) is 23.2 Å². The van der Waals surface area contributed by atoms with Crippen molar-refractivity contribution < 1.29 is 0 Å². The molecule has 0 unspecified atom stereocenters. The molecule has 0 saturated heterocycles. The number of allylic oxidation sites excluding steroid dienone is 1. The number of nitriles is 1. The molecule has 0 fully saturated rings. The first kappa shape index (κ1) is 15.8. The molecule has 0 atom stereocenters. The Morgan fingerprint density at radius 3 is 2.52 bits per heavy atom. The molecule has 0 radical (unpaired) electrons. The third-order valence-electron chi connectivity index (χ3n) is 3.20. The van der Waals surface area contributed by atoms with E-state index in [9.17, 15) is 5.26 Å². The van der Waals surface area contributed by atoms with Gasteiger partial charge in [0.15, 0.2) is 0 Å². The average Bonchev–Trinajstić information content (AvgIpc) is 3.04. The molecule has 0 N–H and O–H groups in total. The predicted molar refractivity (Wildman–Crippen MR) is 97.5 cm³/mol.